The number of rotatable bonds is 7. The molecule has 5 aromatic rings. The van der Waals surface area contributed by atoms with E-state index in [2.05, 4.69) is 48.2 Å². The molecule has 0 spiro atoms. The van der Waals surface area contributed by atoms with Crippen molar-refractivity contribution in [3.63, 3.8) is 0 Å². The van der Waals surface area contributed by atoms with Crippen molar-refractivity contribution in [2.75, 3.05) is 0 Å². The van der Waals surface area contributed by atoms with Crippen LogP contribution in [-0.2, 0) is 29.0 Å². The fourth-order valence-corrected chi connectivity index (χ4v) is 4.38. The molecule has 0 aliphatic rings. The minimum Gasteiger partial charge on any atom is -0.457 e. The fourth-order valence-electron chi connectivity index (χ4n) is 4.38. The van der Waals surface area contributed by atoms with Crippen LogP contribution in [0, 0.1) is 0 Å². The van der Waals surface area contributed by atoms with Crippen molar-refractivity contribution < 1.29 is 9.53 Å². The Morgan fingerprint density at radius 3 is 1.86 bits per heavy atom. The van der Waals surface area contributed by atoms with Crippen LogP contribution in [0.4, 0.5) is 0 Å². The lowest BCUT2D eigenvalue weighted by Gasteiger charge is -2.13. The van der Waals surface area contributed by atoms with Gasteiger partial charge in [-0.25, -0.2) is 4.79 Å². The van der Waals surface area contributed by atoms with Gasteiger partial charge in [-0.05, 0) is 51.2 Å². The van der Waals surface area contributed by atoms with Crippen LogP contribution in [0.1, 0.15) is 16.7 Å². The third kappa shape index (κ3) is 5.41. The molecule has 0 aliphatic carbocycles. The Morgan fingerprint density at radius 2 is 1.23 bits per heavy atom. The van der Waals surface area contributed by atoms with Crippen molar-refractivity contribution in [3.8, 4) is 0 Å². The first-order valence-electron chi connectivity index (χ1n) is 11.9. The van der Waals surface area contributed by atoms with Crippen LogP contribution in [0.3, 0.4) is 0 Å². The average molecular weight is 455 g/mol. The molecule has 5 rings (SSSR count). The standard InChI is InChI=1S/C33H26O2/c34-33(29(22-26-14-5-2-6-15-26)19-11-16-25-12-3-1-4-13-25)35-24-32-30-20-9-7-17-27(30)23-28-18-8-10-21-31(28)32/h1-15,17-18,20-21,23H,16,22,24H2. The van der Waals surface area contributed by atoms with E-state index < -0.39 is 0 Å². The lowest BCUT2D eigenvalue weighted by Crippen LogP contribution is -2.10. The van der Waals surface area contributed by atoms with Crippen LogP contribution in [0.25, 0.3) is 21.5 Å². The second kappa shape index (κ2) is 10.7. The summed E-state index contributed by atoms with van der Waals surface area (Å²) in [6.45, 7) is 0.208. The zero-order valence-corrected chi connectivity index (χ0v) is 19.5. The molecule has 35 heavy (non-hydrogen) atoms. The Morgan fingerprint density at radius 1 is 0.686 bits per heavy atom. The minimum atomic E-state index is -0.338. The maximum Gasteiger partial charge on any atom is 0.342 e. The van der Waals surface area contributed by atoms with Gasteiger partial charge in [-0.3, -0.25) is 0 Å². The summed E-state index contributed by atoms with van der Waals surface area (Å²) in [6.07, 6.45) is 3.10. The third-order valence-electron chi connectivity index (χ3n) is 6.16. The lowest BCUT2D eigenvalue weighted by molar-refractivity contribution is -0.140. The third-order valence-corrected chi connectivity index (χ3v) is 6.16. The van der Waals surface area contributed by atoms with Crippen LogP contribution >= 0.6 is 0 Å². The monoisotopic (exact) mass is 454 g/mol. The molecular weight excluding hydrogens is 428 g/mol. The average Bonchev–Trinajstić information content (AvgIpc) is 2.91. The number of fused-ring (bicyclic) bond motifs is 2. The first kappa shape index (κ1) is 22.4. The molecular formula is C33H26O2. The van der Waals surface area contributed by atoms with Gasteiger partial charge in [0.05, 0.1) is 5.57 Å². The van der Waals surface area contributed by atoms with Crippen LogP contribution in [0.2, 0.25) is 0 Å². The second-order valence-electron chi connectivity index (χ2n) is 8.55. The van der Waals surface area contributed by atoms with Gasteiger partial charge in [0.15, 0.2) is 0 Å². The van der Waals surface area contributed by atoms with E-state index in [1.165, 1.54) is 5.56 Å². The van der Waals surface area contributed by atoms with Gasteiger partial charge in [0.1, 0.15) is 6.61 Å². The van der Waals surface area contributed by atoms with E-state index in [1.807, 2.05) is 78.9 Å². The number of carbonyl (C=O) groups is 1. The molecule has 2 nitrogen and oxygen atoms in total. The van der Waals surface area contributed by atoms with Gasteiger partial charge in [0.25, 0.3) is 0 Å². The van der Waals surface area contributed by atoms with Gasteiger partial charge >= 0.3 is 5.97 Å². The highest BCUT2D eigenvalue weighted by Crippen LogP contribution is 2.29. The first-order chi connectivity index (χ1) is 17.3. The van der Waals surface area contributed by atoms with E-state index >= 15 is 0 Å². The number of benzene rings is 5. The largest absolute Gasteiger partial charge is 0.457 e. The van der Waals surface area contributed by atoms with E-state index in [0.717, 1.165) is 32.7 Å². The zero-order valence-electron chi connectivity index (χ0n) is 19.5. The van der Waals surface area contributed by atoms with E-state index in [9.17, 15) is 4.79 Å². The van der Waals surface area contributed by atoms with Gasteiger partial charge in [0, 0.05) is 12.0 Å². The van der Waals surface area contributed by atoms with Crippen molar-refractivity contribution in [2.45, 2.75) is 19.4 Å². The Labute approximate surface area is 205 Å². The number of hydrogen-bond donors (Lipinski definition) is 0. The van der Waals surface area contributed by atoms with Crippen molar-refractivity contribution in [1.29, 1.82) is 0 Å². The predicted octanol–water partition coefficient (Wildman–Crippen LogP) is 7.60. The molecule has 0 saturated heterocycles. The van der Waals surface area contributed by atoms with Gasteiger partial charge < -0.3 is 4.74 Å². The molecule has 0 aliphatic heterocycles. The Kier molecular flexibility index (Phi) is 6.84. The van der Waals surface area contributed by atoms with Crippen LogP contribution in [0.5, 0.6) is 0 Å². The second-order valence-corrected chi connectivity index (χ2v) is 8.55. The molecule has 0 atom stereocenters. The Balaban J connectivity index is 1.44. The highest BCUT2D eigenvalue weighted by molar-refractivity contribution is 6.02. The summed E-state index contributed by atoms with van der Waals surface area (Å²) in [5.41, 5.74) is 7.02. The first-order valence-corrected chi connectivity index (χ1v) is 11.9. The summed E-state index contributed by atoms with van der Waals surface area (Å²) in [6, 6.07) is 38.8. The van der Waals surface area contributed by atoms with Crippen LogP contribution < -0.4 is 0 Å². The molecule has 2 heteroatoms. The molecule has 0 bridgehead atoms. The Bertz CT molecular complexity index is 1470. The smallest absolute Gasteiger partial charge is 0.342 e. The summed E-state index contributed by atoms with van der Waals surface area (Å²) in [4.78, 5) is 13.3. The maximum absolute atomic E-state index is 13.3. The maximum atomic E-state index is 13.3. The topological polar surface area (TPSA) is 26.3 Å². The molecule has 0 fully saturated rings. The predicted molar refractivity (Wildman–Crippen MR) is 143 cm³/mol. The SMILES string of the molecule is O=C(OCc1c2ccccc2cc2ccccc12)C(=C=CCc1ccccc1)Cc1ccccc1. The molecule has 0 aromatic heterocycles. The van der Waals surface area contributed by atoms with Crippen molar-refractivity contribution >= 4 is 27.5 Å². The summed E-state index contributed by atoms with van der Waals surface area (Å²) in [7, 11) is 0. The van der Waals surface area contributed by atoms with E-state index in [1.54, 1.807) is 0 Å². The summed E-state index contributed by atoms with van der Waals surface area (Å²) in [5.74, 6) is -0.338. The highest BCUT2D eigenvalue weighted by Gasteiger charge is 2.14. The zero-order chi connectivity index (χ0) is 23.9. The fraction of sp³-hybridized carbons (Fsp3) is 0.0909. The van der Waals surface area contributed by atoms with E-state index in [0.29, 0.717) is 18.4 Å². The van der Waals surface area contributed by atoms with Gasteiger partial charge in [0.2, 0.25) is 0 Å². The molecule has 0 heterocycles. The number of ether oxygens (including phenoxy) is 1. The summed E-state index contributed by atoms with van der Waals surface area (Å²) in [5, 5.41) is 4.49. The van der Waals surface area contributed by atoms with E-state index in [4.69, 9.17) is 4.74 Å². The minimum absolute atomic E-state index is 0.208. The van der Waals surface area contributed by atoms with Crippen molar-refractivity contribution in [1.82, 2.24) is 0 Å². The van der Waals surface area contributed by atoms with Crippen LogP contribution in [0.15, 0.2) is 133 Å². The van der Waals surface area contributed by atoms with Crippen molar-refractivity contribution in [3.05, 3.63) is 149 Å². The summed E-state index contributed by atoms with van der Waals surface area (Å²) >= 11 is 0. The molecule has 0 radical (unpaired) electrons. The molecule has 0 saturated carbocycles. The van der Waals surface area contributed by atoms with Gasteiger partial charge in [-0.15, -0.1) is 5.73 Å². The lowest BCUT2D eigenvalue weighted by atomic mass is 9.97. The molecule has 170 valence electrons. The number of carbonyl (C=O) groups excluding carboxylic acids is 1. The molecule has 0 unspecified atom stereocenters. The van der Waals surface area contributed by atoms with Crippen molar-refractivity contribution in [2.24, 2.45) is 0 Å². The van der Waals surface area contributed by atoms with Gasteiger partial charge in [-0.2, -0.15) is 0 Å². The normalized spacial score (nSPS) is 10.6. The highest BCUT2D eigenvalue weighted by atomic mass is 16.5. The summed E-state index contributed by atoms with van der Waals surface area (Å²) < 4.78 is 5.92. The quantitative estimate of drug-likeness (QED) is 0.109. The number of hydrogen-bond acceptors (Lipinski definition) is 2. The molecule has 0 amide bonds. The molecule has 5 aromatic carbocycles. The van der Waals surface area contributed by atoms with Gasteiger partial charge in [-0.1, -0.05) is 109 Å². The number of esters is 1. The van der Waals surface area contributed by atoms with E-state index in [-0.39, 0.29) is 12.6 Å². The Hall–Kier alpha value is -4.39. The molecule has 0 N–H and O–H groups in total. The van der Waals surface area contributed by atoms with Crippen LogP contribution in [-0.4, -0.2) is 5.97 Å².